The number of para-hydroxylation sites is 2. The van der Waals surface area contributed by atoms with Crippen molar-refractivity contribution in [2.75, 3.05) is 25.1 Å². The van der Waals surface area contributed by atoms with Crippen LogP contribution in [-0.2, 0) is 11.3 Å². The fourth-order valence-corrected chi connectivity index (χ4v) is 5.18. The topological polar surface area (TPSA) is 91.9 Å². The second kappa shape index (κ2) is 11.6. The molecule has 7 nitrogen and oxygen atoms in total. The van der Waals surface area contributed by atoms with Crippen LogP contribution in [0.2, 0.25) is 0 Å². The number of carbonyl (C=O) groups is 1. The van der Waals surface area contributed by atoms with Gasteiger partial charge in [0.2, 0.25) is 5.91 Å². The molecule has 0 aliphatic carbocycles. The number of ether oxygens (including phenoxy) is 2. The maximum atomic E-state index is 12.5. The molecule has 1 heterocycles. The van der Waals surface area contributed by atoms with Gasteiger partial charge in [0.05, 0.1) is 12.8 Å². The highest BCUT2D eigenvalue weighted by molar-refractivity contribution is 6.00. The Kier molecular flexibility index (Phi) is 7.79. The molecule has 0 radical (unpaired) electrons. The van der Waals surface area contributed by atoms with Crippen molar-refractivity contribution in [3.05, 3.63) is 96.1 Å². The average molecular weight is 523 g/mol. The fourth-order valence-electron chi connectivity index (χ4n) is 5.18. The molecule has 0 bridgehead atoms. The van der Waals surface area contributed by atoms with Crippen LogP contribution in [-0.4, -0.2) is 42.9 Å². The summed E-state index contributed by atoms with van der Waals surface area (Å²) in [5.74, 6) is 1.44. The molecule has 1 saturated heterocycles. The van der Waals surface area contributed by atoms with Crippen molar-refractivity contribution >= 4 is 33.9 Å². The van der Waals surface area contributed by atoms with Gasteiger partial charge < -0.3 is 15.2 Å². The number of amidine groups is 1. The summed E-state index contributed by atoms with van der Waals surface area (Å²) in [5.41, 5.74) is 9.14. The quantitative estimate of drug-likeness (QED) is 0.223. The van der Waals surface area contributed by atoms with Gasteiger partial charge in [-0.15, -0.1) is 0 Å². The van der Waals surface area contributed by atoms with E-state index >= 15 is 0 Å². The Morgan fingerprint density at radius 1 is 0.974 bits per heavy atom. The molecule has 1 aliphatic rings. The second-order valence-corrected chi connectivity index (χ2v) is 9.92. The number of likely N-dealkylation sites (tertiary alicyclic amines) is 1. The molecule has 0 saturated carbocycles. The van der Waals surface area contributed by atoms with E-state index in [1.54, 1.807) is 18.9 Å². The van der Waals surface area contributed by atoms with Crippen molar-refractivity contribution < 1.29 is 14.3 Å². The number of hydrogen-bond donors (Lipinski definition) is 2. The first-order valence-corrected chi connectivity index (χ1v) is 13.2. The number of rotatable bonds is 8. The monoisotopic (exact) mass is 522 g/mol. The number of hydrogen-bond acceptors (Lipinski definition) is 5. The molecule has 1 aliphatic heterocycles. The third kappa shape index (κ3) is 6.04. The lowest BCUT2D eigenvalue weighted by molar-refractivity contribution is -0.115. The number of nitrogens with one attached hydrogen (secondary N) is 1. The molecule has 5 rings (SSSR count). The molecule has 0 aromatic heterocycles. The Morgan fingerprint density at radius 2 is 1.69 bits per heavy atom. The number of fused-ring (bicyclic) bond motifs is 1. The highest BCUT2D eigenvalue weighted by Gasteiger charge is 2.22. The number of nitrogens with zero attached hydrogens (tertiary/aromatic N) is 2. The van der Waals surface area contributed by atoms with E-state index in [1.807, 2.05) is 66.7 Å². The summed E-state index contributed by atoms with van der Waals surface area (Å²) in [6, 6.07) is 27.6. The summed E-state index contributed by atoms with van der Waals surface area (Å²) in [6.45, 7) is 4.35. The number of methoxy groups -OCH3 is 1. The van der Waals surface area contributed by atoms with Crippen molar-refractivity contribution in [2.24, 2.45) is 5.73 Å². The lowest BCUT2D eigenvalue weighted by atomic mass is 10.0. The lowest BCUT2D eigenvalue weighted by Gasteiger charge is -2.32. The summed E-state index contributed by atoms with van der Waals surface area (Å²) in [7, 11) is 1.60. The summed E-state index contributed by atoms with van der Waals surface area (Å²) in [6.07, 6.45) is 2.05. The highest BCUT2D eigenvalue weighted by atomic mass is 16.5. The summed E-state index contributed by atoms with van der Waals surface area (Å²) >= 11 is 0. The Bertz CT molecular complexity index is 1480. The van der Waals surface area contributed by atoms with Crippen molar-refractivity contribution in [3.8, 4) is 11.5 Å². The predicted octanol–water partition coefficient (Wildman–Crippen LogP) is 5.86. The summed E-state index contributed by atoms with van der Waals surface area (Å²) < 4.78 is 11.8. The van der Waals surface area contributed by atoms with Gasteiger partial charge in [0.1, 0.15) is 23.4 Å². The minimum Gasteiger partial charge on any atom is -0.495 e. The zero-order valence-electron chi connectivity index (χ0n) is 22.4. The Balaban J connectivity index is 1.18. The molecular formula is C32H34N4O3. The first kappa shape index (κ1) is 26.3. The molecule has 200 valence electrons. The number of nitrogen functional groups attached to an aromatic ring is 1. The second-order valence-electron chi connectivity index (χ2n) is 9.92. The van der Waals surface area contributed by atoms with Gasteiger partial charge in [-0.05, 0) is 77.7 Å². The largest absolute Gasteiger partial charge is 0.495 e. The van der Waals surface area contributed by atoms with E-state index in [-0.39, 0.29) is 17.8 Å². The molecular weight excluding hydrogens is 488 g/mol. The van der Waals surface area contributed by atoms with E-state index in [9.17, 15) is 4.79 Å². The van der Waals surface area contributed by atoms with Crippen LogP contribution in [0.4, 0.5) is 11.4 Å². The highest BCUT2D eigenvalue weighted by Crippen LogP contribution is 2.34. The molecule has 4 aromatic rings. The maximum absolute atomic E-state index is 12.5. The van der Waals surface area contributed by atoms with Gasteiger partial charge in [-0.2, -0.15) is 0 Å². The third-order valence-electron chi connectivity index (χ3n) is 7.20. The maximum Gasteiger partial charge on any atom is 0.228 e. The van der Waals surface area contributed by atoms with Crippen LogP contribution in [0.3, 0.4) is 0 Å². The van der Waals surface area contributed by atoms with Crippen LogP contribution in [0.15, 0.2) is 84.9 Å². The Hall–Kier alpha value is -4.36. The van der Waals surface area contributed by atoms with Crippen molar-refractivity contribution in [1.29, 1.82) is 5.41 Å². The molecule has 7 heteroatoms. The molecule has 0 spiro atoms. The van der Waals surface area contributed by atoms with Gasteiger partial charge in [0.25, 0.3) is 0 Å². The number of carbonyl (C=O) groups excluding carboxylic acids is 1. The zero-order valence-corrected chi connectivity index (χ0v) is 22.4. The fraction of sp³-hybridized carbons (Fsp3) is 0.250. The SMILES string of the molecule is COc1ccccc1N(C(C)=O)c1ccc(OC2CCN(Cc3ccc4ccc(C(=N)N)cc4c3)CC2)cc1. The van der Waals surface area contributed by atoms with Crippen LogP contribution in [0.1, 0.15) is 30.9 Å². The van der Waals surface area contributed by atoms with E-state index < -0.39 is 0 Å². The lowest BCUT2D eigenvalue weighted by Crippen LogP contribution is -2.37. The molecule has 39 heavy (non-hydrogen) atoms. The number of nitrogens with two attached hydrogens (primary N) is 1. The normalized spacial score (nSPS) is 14.2. The average Bonchev–Trinajstić information content (AvgIpc) is 2.95. The number of piperidine rings is 1. The number of amides is 1. The van der Waals surface area contributed by atoms with E-state index in [0.29, 0.717) is 11.4 Å². The first-order chi connectivity index (χ1) is 18.9. The van der Waals surface area contributed by atoms with Gasteiger partial charge in [-0.3, -0.25) is 20.0 Å². The third-order valence-corrected chi connectivity index (χ3v) is 7.20. The van der Waals surface area contributed by atoms with Crippen LogP contribution >= 0.6 is 0 Å². The minimum absolute atomic E-state index is 0.0895. The molecule has 3 N–H and O–H groups in total. The van der Waals surface area contributed by atoms with Crippen molar-refractivity contribution in [2.45, 2.75) is 32.4 Å². The number of benzene rings is 4. The van der Waals surface area contributed by atoms with Crippen LogP contribution in [0.5, 0.6) is 11.5 Å². The van der Waals surface area contributed by atoms with Crippen molar-refractivity contribution in [1.82, 2.24) is 4.90 Å². The van der Waals surface area contributed by atoms with Gasteiger partial charge in [0, 0.05) is 37.8 Å². The van der Waals surface area contributed by atoms with E-state index in [0.717, 1.165) is 60.2 Å². The van der Waals surface area contributed by atoms with E-state index in [4.69, 9.17) is 20.6 Å². The summed E-state index contributed by atoms with van der Waals surface area (Å²) in [5, 5.41) is 9.96. The van der Waals surface area contributed by atoms with Crippen LogP contribution < -0.4 is 20.1 Å². The molecule has 0 atom stereocenters. The first-order valence-electron chi connectivity index (χ1n) is 13.2. The molecule has 0 unspecified atom stereocenters. The van der Waals surface area contributed by atoms with Gasteiger partial charge in [0.15, 0.2) is 0 Å². The van der Waals surface area contributed by atoms with E-state index in [2.05, 4.69) is 23.1 Å². The van der Waals surface area contributed by atoms with Gasteiger partial charge >= 0.3 is 0 Å². The van der Waals surface area contributed by atoms with E-state index in [1.165, 1.54) is 5.56 Å². The molecule has 4 aromatic carbocycles. The summed E-state index contributed by atoms with van der Waals surface area (Å²) in [4.78, 5) is 16.6. The minimum atomic E-state index is -0.0914. The predicted molar refractivity (Wildman–Crippen MR) is 156 cm³/mol. The molecule has 1 fully saturated rings. The van der Waals surface area contributed by atoms with Crippen LogP contribution in [0.25, 0.3) is 10.8 Å². The smallest absolute Gasteiger partial charge is 0.228 e. The Morgan fingerprint density at radius 3 is 2.38 bits per heavy atom. The Labute approximate surface area is 229 Å². The van der Waals surface area contributed by atoms with Gasteiger partial charge in [-0.25, -0.2) is 0 Å². The van der Waals surface area contributed by atoms with Crippen molar-refractivity contribution in [3.63, 3.8) is 0 Å². The van der Waals surface area contributed by atoms with Gasteiger partial charge in [-0.1, -0.05) is 36.4 Å². The number of anilines is 2. The van der Waals surface area contributed by atoms with Crippen LogP contribution in [0, 0.1) is 5.41 Å². The zero-order chi connectivity index (χ0) is 27.4. The standard InChI is InChI=1S/C32H34N4O3/c1-22(37)36(30-5-3-4-6-31(30)38-2)27-11-13-28(14-12-27)39-29-15-17-35(18-16-29)21-23-7-8-24-9-10-25(32(33)34)20-26(24)19-23/h3-14,19-20,29H,15-18,21H2,1-2H3,(H3,33,34). The molecule has 1 amide bonds.